The van der Waals surface area contributed by atoms with Crippen LogP contribution in [0.15, 0.2) is 143 Å². The van der Waals surface area contributed by atoms with Gasteiger partial charge in [-0.3, -0.25) is 19.2 Å². The summed E-state index contributed by atoms with van der Waals surface area (Å²) in [5.41, 5.74) is 3.36. The number of fused-ring (bicyclic) bond motifs is 2. The van der Waals surface area contributed by atoms with Gasteiger partial charge in [-0.05, 0) is 132 Å². The second kappa shape index (κ2) is 22.9. The number of nitrogens with zero attached hydrogens (tertiary/aromatic N) is 2. The Hall–Kier alpha value is -7.32. The Kier molecular flexibility index (Phi) is 17.0. The molecule has 2 aliphatic rings. The van der Waals surface area contributed by atoms with Crippen LogP contribution in [-0.2, 0) is 45.1 Å². The lowest BCUT2D eigenvalue weighted by Gasteiger charge is -2.34. The minimum atomic E-state index is -4.47. The van der Waals surface area contributed by atoms with Gasteiger partial charge in [0, 0.05) is 71.6 Å². The van der Waals surface area contributed by atoms with Crippen LogP contribution in [0.5, 0.6) is 0 Å². The number of nitrogens with one attached hydrogen (secondary N) is 2. The third-order valence-electron chi connectivity index (χ3n) is 13.5. The Morgan fingerprint density at radius 3 is 1.12 bits per heavy atom. The van der Waals surface area contributed by atoms with Gasteiger partial charge in [-0.1, -0.05) is 64.1 Å². The predicted molar refractivity (Wildman–Crippen MR) is 276 cm³/mol. The first kappa shape index (κ1) is 56.4. The fourth-order valence-electron chi connectivity index (χ4n) is 8.91. The van der Waals surface area contributed by atoms with E-state index in [0.29, 0.717) is 59.6 Å². The third kappa shape index (κ3) is 12.7. The number of carbonyl (C=O) groups excluding carboxylic acids is 4. The number of rotatable bonds is 14. The highest BCUT2D eigenvalue weighted by Gasteiger charge is 2.36. The molecule has 12 nitrogen and oxygen atoms in total. The Morgan fingerprint density at radius 2 is 0.829 bits per heavy atom. The van der Waals surface area contributed by atoms with Gasteiger partial charge in [0.25, 0.3) is 23.6 Å². The topological polar surface area (TPSA) is 167 Å². The van der Waals surface area contributed by atoms with Gasteiger partial charge in [0.1, 0.15) is 0 Å². The van der Waals surface area contributed by atoms with E-state index in [0.717, 1.165) is 35.4 Å². The zero-order valence-electron chi connectivity index (χ0n) is 41.8. The van der Waals surface area contributed by atoms with Gasteiger partial charge in [-0.2, -0.15) is 26.3 Å². The van der Waals surface area contributed by atoms with Crippen molar-refractivity contribution in [1.29, 1.82) is 0 Å². The molecule has 2 atom stereocenters. The number of benzene rings is 6. The summed E-state index contributed by atoms with van der Waals surface area (Å²) in [7, 11) is -6.63. The molecule has 400 valence electrons. The zero-order valence-corrected chi connectivity index (χ0v) is 43.4. The Labute approximate surface area is 437 Å². The van der Waals surface area contributed by atoms with Gasteiger partial charge in [-0.15, -0.1) is 0 Å². The molecule has 4 amide bonds. The molecule has 0 saturated carbocycles. The van der Waals surface area contributed by atoms with Gasteiger partial charge >= 0.3 is 12.4 Å². The molecule has 0 bridgehead atoms. The number of halogens is 6. The number of sulfone groups is 2. The Morgan fingerprint density at radius 1 is 0.500 bits per heavy atom. The van der Waals surface area contributed by atoms with Gasteiger partial charge in [0.15, 0.2) is 19.7 Å². The van der Waals surface area contributed by atoms with Gasteiger partial charge in [-0.25, -0.2) is 16.8 Å². The first-order valence-electron chi connectivity index (χ1n) is 24.3. The summed E-state index contributed by atoms with van der Waals surface area (Å²) < 4.78 is 126. The number of anilines is 2. The van der Waals surface area contributed by atoms with Crippen LogP contribution >= 0.6 is 0 Å². The molecule has 0 spiro atoms. The lowest BCUT2D eigenvalue weighted by Crippen LogP contribution is -2.40. The van der Waals surface area contributed by atoms with E-state index < -0.39 is 55.0 Å². The average molecular weight is 1090 g/mol. The molecule has 6 aromatic rings. The van der Waals surface area contributed by atoms with E-state index >= 15 is 0 Å². The van der Waals surface area contributed by atoms with Crippen LogP contribution < -0.4 is 20.4 Å². The first-order chi connectivity index (χ1) is 35.9. The van der Waals surface area contributed by atoms with Crippen molar-refractivity contribution in [2.24, 2.45) is 0 Å². The number of amides is 4. The highest BCUT2D eigenvalue weighted by atomic mass is 32.2. The average Bonchev–Trinajstić information content (AvgIpc) is 3.43. The number of hydrogen-bond donors (Lipinski definition) is 2. The molecule has 0 saturated heterocycles. The number of carbonyl (C=O) groups is 4. The number of alkyl halides is 6. The first-order valence-corrected chi connectivity index (χ1v) is 27.6. The molecule has 0 radical (unpaired) electrons. The minimum Gasteiger partial charge on any atom is -0.348 e. The largest absolute Gasteiger partial charge is 0.416 e. The molecule has 6 aromatic carbocycles. The fraction of sp³-hybridized carbons (Fsp3) is 0.286. The van der Waals surface area contributed by atoms with Crippen molar-refractivity contribution in [3.8, 4) is 0 Å². The molecule has 0 aliphatic carbocycles. The van der Waals surface area contributed by atoms with Crippen LogP contribution in [0.25, 0.3) is 0 Å². The van der Waals surface area contributed by atoms with Crippen molar-refractivity contribution >= 4 is 54.7 Å². The monoisotopic (exact) mass is 1090 g/mol. The lowest BCUT2D eigenvalue weighted by atomic mass is 9.86. The van der Waals surface area contributed by atoms with Crippen LogP contribution in [0.3, 0.4) is 0 Å². The van der Waals surface area contributed by atoms with Crippen molar-refractivity contribution in [2.45, 2.75) is 87.6 Å². The van der Waals surface area contributed by atoms with Crippen LogP contribution in [0.2, 0.25) is 0 Å². The van der Waals surface area contributed by atoms with Crippen LogP contribution in [0, 0.1) is 0 Å². The Balaban J connectivity index is 0.000000221. The normalized spacial score (nSPS) is 15.8. The maximum atomic E-state index is 13.4. The maximum Gasteiger partial charge on any atom is 0.416 e. The highest BCUT2D eigenvalue weighted by Crippen LogP contribution is 2.38. The summed E-state index contributed by atoms with van der Waals surface area (Å²) in [6.07, 6.45) is -7.54. The van der Waals surface area contributed by atoms with E-state index in [1.54, 1.807) is 62.4 Å². The summed E-state index contributed by atoms with van der Waals surface area (Å²) in [5, 5.41) is 5.56. The fourth-order valence-corrected chi connectivity index (χ4v) is 10.7. The smallest absolute Gasteiger partial charge is 0.348 e. The van der Waals surface area contributed by atoms with Gasteiger partial charge in [0.05, 0.1) is 32.4 Å². The molecule has 2 N–H and O–H groups in total. The summed E-state index contributed by atoms with van der Waals surface area (Å²) in [4.78, 5) is 55.8. The zero-order chi connectivity index (χ0) is 55.3. The van der Waals surface area contributed by atoms with Crippen molar-refractivity contribution in [3.05, 3.63) is 189 Å². The van der Waals surface area contributed by atoms with E-state index in [1.807, 2.05) is 13.8 Å². The maximum absolute atomic E-state index is 13.4. The highest BCUT2D eigenvalue weighted by molar-refractivity contribution is 7.91. The van der Waals surface area contributed by atoms with Crippen molar-refractivity contribution in [1.82, 2.24) is 10.6 Å². The SMILES string of the molecule is CC[C@@H]1CN(c2ccc(C(F)(F)F)cc2)C(=O)c2cc(C(=O)NCc3ccc(S(=O)(=O)CC)cc3)ccc21.CC[C@H]1CN(c2ccc(C(F)(F)F)cc2)C(=O)c2cc(C(=O)NCc3ccc(S(=O)(=O)CC)cc3)ccc21. The molecule has 0 unspecified atom stereocenters. The second-order valence-corrected chi connectivity index (χ2v) is 22.8. The molecule has 2 aliphatic heterocycles. The van der Waals surface area contributed by atoms with E-state index in [2.05, 4.69) is 10.6 Å². The van der Waals surface area contributed by atoms with Crippen LogP contribution in [-0.4, -0.2) is 65.1 Å². The lowest BCUT2D eigenvalue weighted by molar-refractivity contribution is -0.138. The second-order valence-electron chi connectivity index (χ2n) is 18.2. The standard InChI is InChI=1S/2C28H27F3N2O4S/c2*1-3-19-17-33(22-10-8-21(9-11-22)28(29,30)31)27(35)25-15-20(7-14-24(19)25)26(34)32-16-18-5-12-23(13-6-18)38(36,37)4-2/h2*5-15,19H,3-4,16-17H2,1-2H3,(H,32,34)/t2*19-/m10/s1. The Bertz CT molecular complexity index is 3130. The summed E-state index contributed by atoms with van der Waals surface area (Å²) in [6.45, 7) is 8.03. The molecule has 2 heterocycles. The molecule has 76 heavy (non-hydrogen) atoms. The van der Waals surface area contributed by atoms with E-state index in [1.165, 1.54) is 70.5 Å². The van der Waals surface area contributed by atoms with Crippen LogP contribution in [0.1, 0.15) is 127 Å². The van der Waals surface area contributed by atoms with E-state index in [-0.39, 0.29) is 69.2 Å². The number of hydrogen-bond acceptors (Lipinski definition) is 8. The molecule has 0 fully saturated rings. The summed E-state index contributed by atoms with van der Waals surface area (Å²) in [6, 6.07) is 31.3. The van der Waals surface area contributed by atoms with Crippen molar-refractivity contribution in [3.63, 3.8) is 0 Å². The minimum absolute atomic E-state index is 0.00465. The third-order valence-corrected chi connectivity index (χ3v) is 17.0. The van der Waals surface area contributed by atoms with Gasteiger partial charge < -0.3 is 20.4 Å². The molecule has 8 rings (SSSR count). The van der Waals surface area contributed by atoms with Gasteiger partial charge in [0.2, 0.25) is 0 Å². The summed E-state index contributed by atoms with van der Waals surface area (Å²) >= 11 is 0. The van der Waals surface area contributed by atoms with E-state index in [4.69, 9.17) is 0 Å². The molecular weight excluding hydrogens is 1030 g/mol. The van der Waals surface area contributed by atoms with E-state index in [9.17, 15) is 62.4 Å². The molecular formula is C56H54F6N4O8S2. The van der Waals surface area contributed by atoms with Crippen LogP contribution in [0.4, 0.5) is 37.7 Å². The molecule has 20 heteroatoms. The van der Waals surface area contributed by atoms with Crippen molar-refractivity contribution < 1.29 is 62.4 Å². The predicted octanol–water partition coefficient (Wildman–Crippen LogP) is 11.2. The quantitative estimate of drug-likeness (QED) is 0.102. The molecule has 0 aromatic heterocycles. The van der Waals surface area contributed by atoms with Crippen molar-refractivity contribution in [2.75, 3.05) is 34.4 Å². The summed E-state index contributed by atoms with van der Waals surface area (Å²) in [5.74, 6) is -1.68.